The van der Waals surface area contributed by atoms with Crippen molar-refractivity contribution in [3.05, 3.63) is 71.3 Å². The number of carbonyl (C=O) groups is 2. The molecular weight excluding hydrogens is 252 g/mol. The number of hydrogen-bond acceptors (Lipinski definition) is 3. The van der Waals surface area contributed by atoms with Gasteiger partial charge < -0.3 is 4.74 Å². The second kappa shape index (κ2) is 6.15. The van der Waals surface area contributed by atoms with Crippen LogP contribution in [0.15, 0.2) is 54.6 Å². The second-order valence-corrected chi connectivity index (χ2v) is 4.73. The van der Waals surface area contributed by atoms with Crippen LogP contribution in [0.4, 0.5) is 0 Å². The van der Waals surface area contributed by atoms with E-state index in [0.29, 0.717) is 16.7 Å². The Morgan fingerprint density at radius 1 is 0.800 bits per heavy atom. The van der Waals surface area contributed by atoms with Gasteiger partial charge in [0.25, 0.3) is 0 Å². The zero-order valence-corrected chi connectivity index (χ0v) is 11.5. The molecule has 2 aromatic carbocycles. The molecule has 20 heavy (non-hydrogen) atoms. The fourth-order valence-electron chi connectivity index (χ4n) is 1.80. The predicted molar refractivity (Wildman–Crippen MR) is 76.9 cm³/mol. The molecule has 0 aliphatic heterocycles. The van der Waals surface area contributed by atoms with Crippen LogP contribution in [0.3, 0.4) is 0 Å². The first-order chi connectivity index (χ1) is 9.58. The number of hydrogen-bond donors (Lipinski definition) is 0. The van der Waals surface area contributed by atoms with Crippen LogP contribution < -0.4 is 0 Å². The lowest BCUT2D eigenvalue weighted by molar-refractivity contribution is 0.0377. The Morgan fingerprint density at radius 3 is 1.85 bits per heavy atom. The highest BCUT2D eigenvalue weighted by Crippen LogP contribution is 2.12. The van der Waals surface area contributed by atoms with Gasteiger partial charge in [0.15, 0.2) is 5.78 Å². The Kier molecular flexibility index (Phi) is 4.31. The van der Waals surface area contributed by atoms with E-state index in [-0.39, 0.29) is 17.9 Å². The maximum absolute atomic E-state index is 12.2. The molecule has 0 spiro atoms. The average Bonchev–Trinajstić information content (AvgIpc) is 2.47. The summed E-state index contributed by atoms with van der Waals surface area (Å²) in [5.41, 5.74) is 1.63. The molecule has 0 aliphatic carbocycles. The Bertz CT molecular complexity index is 598. The first kappa shape index (κ1) is 14.0. The van der Waals surface area contributed by atoms with Crippen LogP contribution in [-0.2, 0) is 4.74 Å². The molecule has 102 valence electrons. The van der Waals surface area contributed by atoms with Crippen molar-refractivity contribution in [1.82, 2.24) is 0 Å². The Labute approximate surface area is 118 Å². The molecule has 0 saturated carbocycles. The monoisotopic (exact) mass is 268 g/mol. The van der Waals surface area contributed by atoms with Gasteiger partial charge in [0, 0.05) is 11.1 Å². The average molecular weight is 268 g/mol. The van der Waals surface area contributed by atoms with Crippen molar-refractivity contribution in [2.75, 3.05) is 0 Å². The van der Waals surface area contributed by atoms with Crippen molar-refractivity contribution < 1.29 is 14.3 Å². The van der Waals surface area contributed by atoms with E-state index in [0.717, 1.165) is 0 Å². The Morgan fingerprint density at radius 2 is 1.30 bits per heavy atom. The molecule has 0 amide bonds. The molecule has 3 nitrogen and oxygen atoms in total. The van der Waals surface area contributed by atoms with Crippen molar-refractivity contribution in [2.24, 2.45) is 0 Å². The van der Waals surface area contributed by atoms with Crippen LogP contribution in [0.25, 0.3) is 0 Å². The summed E-state index contributed by atoms with van der Waals surface area (Å²) in [6.07, 6.45) is -0.159. The van der Waals surface area contributed by atoms with Gasteiger partial charge in [-0.1, -0.05) is 42.5 Å². The SMILES string of the molecule is CC(C)OC(=O)c1ccc(C(=O)c2ccccc2)cc1. The zero-order valence-electron chi connectivity index (χ0n) is 11.5. The minimum absolute atomic E-state index is 0.0608. The summed E-state index contributed by atoms with van der Waals surface area (Å²) in [7, 11) is 0. The van der Waals surface area contributed by atoms with Gasteiger partial charge >= 0.3 is 5.97 Å². The van der Waals surface area contributed by atoms with E-state index < -0.39 is 0 Å². The molecule has 0 fully saturated rings. The van der Waals surface area contributed by atoms with Gasteiger partial charge in [0.1, 0.15) is 0 Å². The van der Waals surface area contributed by atoms with Gasteiger partial charge in [-0.05, 0) is 26.0 Å². The van der Waals surface area contributed by atoms with Crippen molar-refractivity contribution in [3.8, 4) is 0 Å². The van der Waals surface area contributed by atoms with Crippen LogP contribution >= 0.6 is 0 Å². The van der Waals surface area contributed by atoms with Gasteiger partial charge in [0.05, 0.1) is 11.7 Å². The van der Waals surface area contributed by atoms with Crippen LogP contribution in [0.1, 0.15) is 40.1 Å². The molecule has 0 atom stereocenters. The maximum Gasteiger partial charge on any atom is 0.338 e. The lowest BCUT2D eigenvalue weighted by Gasteiger charge is -2.08. The van der Waals surface area contributed by atoms with E-state index in [2.05, 4.69) is 0 Å². The van der Waals surface area contributed by atoms with E-state index in [9.17, 15) is 9.59 Å². The highest BCUT2D eigenvalue weighted by molar-refractivity contribution is 6.09. The van der Waals surface area contributed by atoms with Gasteiger partial charge in [0.2, 0.25) is 0 Å². The van der Waals surface area contributed by atoms with E-state index >= 15 is 0 Å². The number of rotatable bonds is 4. The second-order valence-electron chi connectivity index (χ2n) is 4.73. The van der Waals surface area contributed by atoms with Gasteiger partial charge in [-0.15, -0.1) is 0 Å². The number of esters is 1. The summed E-state index contributed by atoms with van der Waals surface area (Å²) in [5, 5.41) is 0. The third-order valence-electron chi connectivity index (χ3n) is 2.76. The summed E-state index contributed by atoms with van der Waals surface area (Å²) in [6, 6.07) is 15.6. The lowest BCUT2D eigenvalue weighted by Crippen LogP contribution is -2.11. The van der Waals surface area contributed by atoms with Crippen LogP contribution in [0.2, 0.25) is 0 Å². The van der Waals surface area contributed by atoms with Crippen molar-refractivity contribution in [3.63, 3.8) is 0 Å². The fourth-order valence-corrected chi connectivity index (χ4v) is 1.80. The Hall–Kier alpha value is -2.42. The largest absolute Gasteiger partial charge is 0.459 e. The Balaban J connectivity index is 2.16. The third kappa shape index (κ3) is 3.32. The quantitative estimate of drug-likeness (QED) is 0.629. The van der Waals surface area contributed by atoms with E-state index in [1.165, 1.54) is 0 Å². The summed E-state index contributed by atoms with van der Waals surface area (Å²) in [5.74, 6) is -0.437. The van der Waals surface area contributed by atoms with E-state index in [4.69, 9.17) is 4.74 Å². The molecule has 0 radical (unpaired) electrons. The number of benzene rings is 2. The first-order valence-corrected chi connectivity index (χ1v) is 6.48. The van der Waals surface area contributed by atoms with E-state index in [1.807, 2.05) is 18.2 Å². The predicted octanol–water partition coefficient (Wildman–Crippen LogP) is 3.48. The molecule has 0 aromatic heterocycles. The molecular formula is C17H16O3. The standard InChI is InChI=1S/C17H16O3/c1-12(2)20-17(19)15-10-8-14(9-11-15)16(18)13-6-4-3-5-7-13/h3-12H,1-2H3. The molecule has 0 heterocycles. The summed E-state index contributed by atoms with van der Waals surface area (Å²) < 4.78 is 5.10. The fraction of sp³-hybridized carbons (Fsp3) is 0.176. The summed E-state index contributed by atoms with van der Waals surface area (Å²) in [4.78, 5) is 23.9. The van der Waals surface area contributed by atoms with Gasteiger partial charge in [-0.2, -0.15) is 0 Å². The third-order valence-corrected chi connectivity index (χ3v) is 2.76. The van der Waals surface area contributed by atoms with E-state index in [1.54, 1.807) is 50.2 Å². The molecule has 0 saturated heterocycles. The van der Waals surface area contributed by atoms with Crippen LogP contribution in [-0.4, -0.2) is 17.9 Å². The minimum atomic E-state index is -0.376. The molecule has 3 heteroatoms. The van der Waals surface area contributed by atoms with Gasteiger partial charge in [-0.25, -0.2) is 4.79 Å². The summed E-state index contributed by atoms with van der Waals surface area (Å²) in [6.45, 7) is 3.59. The smallest absolute Gasteiger partial charge is 0.338 e. The number of carbonyl (C=O) groups excluding carboxylic acids is 2. The maximum atomic E-state index is 12.2. The highest BCUT2D eigenvalue weighted by Gasteiger charge is 2.12. The van der Waals surface area contributed by atoms with Crippen molar-refractivity contribution in [2.45, 2.75) is 20.0 Å². The van der Waals surface area contributed by atoms with Crippen LogP contribution in [0, 0.1) is 0 Å². The topological polar surface area (TPSA) is 43.4 Å². The van der Waals surface area contributed by atoms with Crippen molar-refractivity contribution >= 4 is 11.8 Å². The minimum Gasteiger partial charge on any atom is -0.459 e. The number of ether oxygens (including phenoxy) is 1. The molecule has 0 bridgehead atoms. The van der Waals surface area contributed by atoms with Crippen molar-refractivity contribution in [1.29, 1.82) is 0 Å². The molecule has 2 rings (SSSR count). The summed E-state index contributed by atoms with van der Waals surface area (Å²) >= 11 is 0. The molecule has 2 aromatic rings. The molecule has 0 N–H and O–H groups in total. The molecule has 0 aliphatic rings. The highest BCUT2D eigenvalue weighted by atomic mass is 16.5. The lowest BCUT2D eigenvalue weighted by atomic mass is 10.0. The zero-order chi connectivity index (χ0) is 14.5. The van der Waals surface area contributed by atoms with Gasteiger partial charge in [-0.3, -0.25) is 4.79 Å². The normalized spacial score (nSPS) is 10.3. The van der Waals surface area contributed by atoms with Crippen LogP contribution in [0.5, 0.6) is 0 Å². The molecule has 0 unspecified atom stereocenters. The number of ketones is 1. The first-order valence-electron chi connectivity index (χ1n) is 6.48.